The lowest BCUT2D eigenvalue weighted by Gasteiger charge is -2.66. The number of benzene rings is 1. The molecule has 36 heavy (non-hydrogen) atoms. The van der Waals surface area contributed by atoms with Crippen LogP contribution < -0.4 is 5.73 Å². The third-order valence-corrected chi connectivity index (χ3v) is 9.06. The van der Waals surface area contributed by atoms with E-state index in [2.05, 4.69) is 11.8 Å². The molecule has 0 aliphatic heterocycles. The van der Waals surface area contributed by atoms with E-state index in [9.17, 15) is 34.8 Å². The minimum Gasteiger partial charge on any atom is -0.507 e. The molecule has 2 fully saturated rings. The van der Waals surface area contributed by atoms with Gasteiger partial charge >= 0.3 is 0 Å². The highest BCUT2D eigenvalue weighted by Gasteiger charge is 2.75. The molecule has 0 bridgehead atoms. The van der Waals surface area contributed by atoms with Gasteiger partial charge in [-0.15, -0.1) is 0 Å². The number of hydrogen-bond acceptors (Lipinski definition) is 7. The average Bonchev–Trinajstić information content (AvgIpc) is 2.75. The standard InChI is InChI=1S/C28H35NO7/c1-6-7-8-14-9-10-16(30)17-15(14)11-26(4)12-27(5)19(13(2)3)22(32)18(25(29)35)23(33)28(27,36)24(34)20(26)21(17)31/h9-10,13,18-20,22,24,30,32,34,36H,6,11-12H2,1-5H3,(H2,29,35)/t18-,19+,20-,22?,24?,26-,27-,28+/m1/s1. The number of ketones is 2. The van der Waals surface area contributed by atoms with Crippen LogP contribution in [-0.2, 0) is 16.0 Å². The number of aromatic hydroxyl groups is 1. The zero-order valence-corrected chi connectivity index (χ0v) is 21.3. The highest BCUT2D eigenvalue weighted by atomic mass is 16.4. The minimum absolute atomic E-state index is 0.0294. The van der Waals surface area contributed by atoms with Gasteiger partial charge in [-0.05, 0) is 47.8 Å². The van der Waals surface area contributed by atoms with Crippen LogP contribution in [-0.4, -0.2) is 55.7 Å². The van der Waals surface area contributed by atoms with Gasteiger partial charge in [0, 0.05) is 17.4 Å². The highest BCUT2D eigenvalue weighted by Crippen LogP contribution is 2.65. The number of phenolic OH excluding ortho intramolecular Hbond substituents is 1. The molecule has 8 heteroatoms. The third kappa shape index (κ3) is 3.22. The van der Waals surface area contributed by atoms with Crippen LogP contribution in [0.2, 0.25) is 0 Å². The molecular weight excluding hydrogens is 462 g/mol. The smallest absolute Gasteiger partial charge is 0.230 e. The minimum atomic E-state index is -2.51. The molecule has 1 aromatic carbocycles. The van der Waals surface area contributed by atoms with Gasteiger partial charge in [-0.2, -0.15) is 0 Å². The maximum absolute atomic E-state index is 13.9. The lowest BCUT2D eigenvalue weighted by atomic mass is 9.39. The van der Waals surface area contributed by atoms with E-state index in [-0.39, 0.29) is 30.1 Å². The highest BCUT2D eigenvalue weighted by molar-refractivity contribution is 6.09. The van der Waals surface area contributed by atoms with Gasteiger partial charge in [-0.1, -0.05) is 46.5 Å². The molecule has 194 valence electrons. The number of carbonyl (C=O) groups excluding carboxylic acids is 3. The van der Waals surface area contributed by atoms with Crippen LogP contribution in [0.3, 0.4) is 0 Å². The van der Waals surface area contributed by atoms with Crippen LogP contribution in [0.25, 0.3) is 0 Å². The van der Waals surface area contributed by atoms with E-state index in [0.29, 0.717) is 17.5 Å². The molecule has 0 radical (unpaired) electrons. The predicted molar refractivity (Wildman–Crippen MR) is 131 cm³/mol. The van der Waals surface area contributed by atoms with E-state index in [0.717, 1.165) is 0 Å². The Balaban J connectivity index is 1.97. The van der Waals surface area contributed by atoms with Crippen molar-refractivity contribution in [1.29, 1.82) is 0 Å². The molecule has 2 saturated carbocycles. The van der Waals surface area contributed by atoms with E-state index in [4.69, 9.17) is 5.73 Å². The number of carbonyl (C=O) groups is 3. The summed E-state index contributed by atoms with van der Waals surface area (Å²) in [6, 6.07) is 3.04. The zero-order chi connectivity index (χ0) is 27.0. The van der Waals surface area contributed by atoms with E-state index >= 15 is 0 Å². The first-order valence-electron chi connectivity index (χ1n) is 12.5. The van der Waals surface area contributed by atoms with E-state index in [1.807, 2.05) is 27.7 Å². The van der Waals surface area contributed by atoms with Crippen LogP contribution in [0.5, 0.6) is 5.75 Å². The first-order valence-corrected chi connectivity index (χ1v) is 12.5. The van der Waals surface area contributed by atoms with Crippen LogP contribution in [0.1, 0.15) is 68.9 Å². The summed E-state index contributed by atoms with van der Waals surface area (Å²) in [6.07, 6.45) is -2.36. The number of primary amides is 1. The number of Topliss-reactive ketones (excluding diaryl/α,β-unsaturated/α-hetero) is 2. The number of phenols is 1. The maximum atomic E-state index is 13.9. The molecule has 2 unspecified atom stereocenters. The number of aliphatic hydroxyl groups is 3. The topological polar surface area (TPSA) is 158 Å². The van der Waals surface area contributed by atoms with E-state index in [1.54, 1.807) is 13.0 Å². The summed E-state index contributed by atoms with van der Waals surface area (Å²) in [5, 5.41) is 45.6. The molecule has 0 heterocycles. The van der Waals surface area contributed by atoms with Crippen molar-refractivity contribution in [2.24, 2.45) is 40.2 Å². The number of nitrogens with two attached hydrogens (primary N) is 1. The van der Waals surface area contributed by atoms with Gasteiger partial charge in [0.1, 0.15) is 17.8 Å². The largest absolute Gasteiger partial charge is 0.507 e. The number of fused-ring (bicyclic) bond motifs is 3. The second kappa shape index (κ2) is 8.41. The number of rotatable bonds is 2. The van der Waals surface area contributed by atoms with Crippen molar-refractivity contribution in [3.05, 3.63) is 28.8 Å². The van der Waals surface area contributed by atoms with E-state index < -0.39 is 63.9 Å². The Morgan fingerprint density at radius 2 is 1.86 bits per heavy atom. The molecule has 1 amide bonds. The fourth-order valence-electron chi connectivity index (χ4n) is 7.83. The molecule has 1 aromatic rings. The first kappa shape index (κ1) is 26.3. The Morgan fingerprint density at radius 3 is 2.42 bits per heavy atom. The van der Waals surface area contributed by atoms with Crippen molar-refractivity contribution in [1.82, 2.24) is 0 Å². The SMILES string of the molecule is CCC#Cc1ccc(O)c2c1C[C@]1(C)C[C@]3(C)[C@@H](C(C)C)C(O)[C@@H](C(N)=O)C(=O)[C@]3(O)C(O)[C@H]1C2=O. The lowest BCUT2D eigenvalue weighted by Crippen LogP contribution is -2.79. The molecule has 0 aromatic heterocycles. The van der Waals surface area contributed by atoms with Crippen molar-refractivity contribution in [3.8, 4) is 17.6 Å². The summed E-state index contributed by atoms with van der Waals surface area (Å²) in [4.78, 5) is 39.8. The van der Waals surface area contributed by atoms with Gasteiger partial charge in [0.25, 0.3) is 0 Å². The third-order valence-electron chi connectivity index (χ3n) is 9.06. The van der Waals surface area contributed by atoms with Gasteiger partial charge in [0.2, 0.25) is 5.91 Å². The predicted octanol–water partition coefficient (Wildman–Crippen LogP) is 1.33. The van der Waals surface area contributed by atoms with Gasteiger partial charge in [0.05, 0.1) is 17.6 Å². The molecule has 8 nitrogen and oxygen atoms in total. The summed E-state index contributed by atoms with van der Waals surface area (Å²) >= 11 is 0. The van der Waals surface area contributed by atoms with E-state index in [1.165, 1.54) is 6.07 Å². The summed E-state index contributed by atoms with van der Waals surface area (Å²) in [7, 11) is 0. The fraction of sp³-hybridized carbons (Fsp3) is 0.607. The average molecular weight is 498 g/mol. The van der Waals surface area contributed by atoms with Crippen LogP contribution in [0, 0.1) is 46.3 Å². The quantitative estimate of drug-likeness (QED) is 0.305. The Morgan fingerprint density at radius 1 is 1.22 bits per heavy atom. The van der Waals surface area contributed by atoms with Gasteiger partial charge in [0.15, 0.2) is 17.2 Å². The maximum Gasteiger partial charge on any atom is 0.230 e. The summed E-state index contributed by atoms with van der Waals surface area (Å²) in [5.41, 5.74) is 1.86. The molecular formula is C28H35NO7. The summed E-state index contributed by atoms with van der Waals surface area (Å²) in [6.45, 7) is 8.99. The Hall–Kier alpha value is -2.73. The zero-order valence-electron chi connectivity index (χ0n) is 21.3. The van der Waals surface area contributed by atoms with Gasteiger partial charge in [-0.25, -0.2) is 0 Å². The van der Waals surface area contributed by atoms with Crippen molar-refractivity contribution >= 4 is 17.5 Å². The van der Waals surface area contributed by atoms with Gasteiger partial charge < -0.3 is 26.2 Å². The number of hydrogen-bond donors (Lipinski definition) is 5. The van der Waals surface area contributed by atoms with Gasteiger partial charge in [-0.3, -0.25) is 14.4 Å². The second-order valence-electron chi connectivity index (χ2n) is 11.6. The fourth-order valence-corrected chi connectivity index (χ4v) is 7.83. The molecule has 3 aliphatic carbocycles. The molecule has 8 atom stereocenters. The number of amides is 1. The van der Waals surface area contributed by atoms with Crippen LogP contribution in [0.4, 0.5) is 0 Å². The van der Waals surface area contributed by atoms with Crippen molar-refractivity contribution in [3.63, 3.8) is 0 Å². The lowest BCUT2D eigenvalue weighted by molar-refractivity contribution is -0.265. The monoisotopic (exact) mass is 497 g/mol. The molecule has 6 N–H and O–H groups in total. The van der Waals surface area contributed by atoms with Crippen molar-refractivity contribution in [2.75, 3.05) is 0 Å². The van der Waals surface area contributed by atoms with Crippen LogP contribution in [0.15, 0.2) is 12.1 Å². The Labute approximate surface area is 210 Å². The van der Waals surface area contributed by atoms with Crippen LogP contribution >= 0.6 is 0 Å². The summed E-state index contributed by atoms with van der Waals surface area (Å²) < 4.78 is 0. The first-order chi connectivity index (χ1) is 16.7. The number of aliphatic hydroxyl groups excluding tert-OH is 2. The molecule has 0 saturated heterocycles. The molecule has 3 aliphatic rings. The Kier molecular flexibility index (Phi) is 6.15. The molecule has 0 spiro atoms. The second-order valence-corrected chi connectivity index (χ2v) is 11.6. The summed E-state index contributed by atoms with van der Waals surface area (Å²) in [5.74, 6) is -0.967. The molecule has 4 rings (SSSR count). The van der Waals surface area contributed by atoms with Crippen molar-refractivity contribution < 1.29 is 34.8 Å². The normalized spacial score (nSPS) is 39.5. The van der Waals surface area contributed by atoms with Crippen molar-refractivity contribution in [2.45, 2.75) is 71.7 Å². The Bertz CT molecular complexity index is 1210.